The first-order chi connectivity index (χ1) is 7.58. The van der Waals surface area contributed by atoms with Gasteiger partial charge in [0.15, 0.2) is 5.69 Å². The second-order valence-corrected chi connectivity index (χ2v) is 3.60. The average molecular weight is 225 g/mol. The van der Waals surface area contributed by atoms with Crippen molar-refractivity contribution in [3.05, 3.63) is 18.1 Å². The van der Waals surface area contributed by atoms with E-state index in [-0.39, 0.29) is 18.8 Å². The molecular formula is C9H11N3O4. The fourth-order valence-electron chi connectivity index (χ4n) is 1.55. The molecule has 2 unspecified atom stereocenters. The highest BCUT2D eigenvalue weighted by atomic mass is 16.4. The predicted molar refractivity (Wildman–Crippen MR) is 53.2 cm³/mol. The third kappa shape index (κ3) is 1.95. The Morgan fingerprint density at radius 3 is 2.31 bits per heavy atom. The van der Waals surface area contributed by atoms with Gasteiger partial charge in [-0.05, 0) is 0 Å². The SMILES string of the molecule is O=C(O)c1cnc(N2CC(O)C(O)C2)cn1. The summed E-state index contributed by atoms with van der Waals surface area (Å²) in [4.78, 5) is 19.8. The molecule has 0 radical (unpaired) electrons. The first kappa shape index (κ1) is 10.8. The minimum absolute atomic E-state index is 0.135. The lowest BCUT2D eigenvalue weighted by Crippen LogP contribution is -2.22. The summed E-state index contributed by atoms with van der Waals surface area (Å²) in [6, 6.07) is 0. The van der Waals surface area contributed by atoms with E-state index >= 15 is 0 Å². The molecule has 0 saturated carbocycles. The van der Waals surface area contributed by atoms with E-state index in [9.17, 15) is 15.0 Å². The van der Waals surface area contributed by atoms with E-state index in [1.165, 1.54) is 6.20 Å². The van der Waals surface area contributed by atoms with Crippen LogP contribution in [-0.4, -0.2) is 56.6 Å². The summed E-state index contributed by atoms with van der Waals surface area (Å²) in [7, 11) is 0. The van der Waals surface area contributed by atoms with Gasteiger partial charge < -0.3 is 20.2 Å². The van der Waals surface area contributed by atoms with E-state index < -0.39 is 18.2 Å². The molecule has 1 aromatic rings. The maximum absolute atomic E-state index is 10.5. The van der Waals surface area contributed by atoms with Crippen LogP contribution in [0, 0.1) is 0 Å². The van der Waals surface area contributed by atoms with Gasteiger partial charge >= 0.3 is 5.97 Å². The Labute approximate surface area is 91.0 Å². The Kier molecular flexibility index (Phi) is 2.71. The number of rotatable bonds is 2. The summed E-state index contributed by atoms with van der Waals surface area (Å²) in [6.07, 6.45) is 0.852. The molecule has 7 nitrogen and oxygen atoms in total. The van der Waals surface area contributed by atoms with E-state index in [2.05, 4.69) is 9.97 Å². The maximum atomic E-state index is 10.5. The minimum atomic E-state index is -1.14. The summed E-state index contributed by atoms with van der Waals surface area (Å²) < 4.78 is 0. The second-order valence-electron chi connectivity index (χ2n) is 3.60. The number of aliphatic hydroxyl groups excluding tert-OH is 2. The van der Waals surface area contributed by atoms with Gasteiger partial charge in [0, 0.05) is 13.1 Å². The van der Waals surface area contributed by atoms with E-state index in [1.807, 2.05) is 0 Å². The van der Waals surface area contributed by atoms with Crippen LogP contribution >= 0.6 is 0 Å². The minimum Gasteiger partial charge on any atom is -0.476 e. The van der Waals surface area contributed by atoms with Gasteiger partial charge in [-0.1, -0.05) is 0 Å². The van der Waals surface area contributed by atoms with Crippen LogP contribution in [0.4, 0.5) is 5.82 Å². The molecule has 0 bridgehead atoms. The van der Waals surface area contributed by atoms with Crippen LogP contribution in [-0.2, 0) is 0 Å². The molecule has 86 valence electrons. The molecule has 2 heterocycles. The molecule has 7 heteroatoms. The monoisotopic (exact) mass is 225 g/mol. The lowest BCUT2D eigenvalue weighted by atomic mass is 10.3. The van der Waals surface area contributed by atoms with Crippen molar-refractivity contribution in [1.29, 1.82) is 0 Å². The Hall–Kier alpha value is -1.73. The fourth-order valence-corrected chi connectivity index (χ4v) is 1.55. The normalized spacial score (nSPS) is 24.8. The zero-order chi connectivity index (χ0) is 11.7. The van der Waals surface area contributed by atoms with Crippen molar-refractivity contribution in [2.45, 2.75) is 12.2 Å². The number of carbonyl (C=O) groups is 1. The van der Waals surface area contributed by atoms with E-state index in [4.69, 9.17) is 5.11 Å². The first-order valence-corrected chi connectivity index (χ1v) is 4.74. The van der Waals surface area contributed by atoms with Crippen molar-refractivity contribution >= 4 is 11.8 Å². The average Bonchev–Trinajstić information content (AvgIpc) is 2.59. The third-order valence-corrected chi connectivity index (χ3v) is 2.44. The molecule has 1 fully saturated rings. The number of carboxylic acids is 1. The van der Waals surface area contributed by atoms with E-state index in [0.29, 0.717) is 5.82 Å². The first-order valence-electron chi connectivity index (χ1n) is 4.74. The Balaban J connectivity index is 2.14. The molecule has 0 spiro atoms. The highest BCUT2D eigenvalue weighted by molar-refractivity contribution is 5.84. The number of aromatic carboxylic acids is 1. The van der Waals surface area contributed by atoms with Crippen molar-refractivity contribution in [2.75, 3.05) is 18.0 Å². The number of aliphatic hydroxyl groups is 2. The number of anilines is 1. The van der Waals surface area contributed by atoms with Crippen LogP contribution in [0.1, 0.15) is 10.5 Å². The molecule has 16 heavy (non-hydrogen) atoms. The lowest BCUT2D eigenvalue weighted by Gasteiger charge is -2.15. The van der Waals surface area contributed by atoms with Crippen LogP contribution in [0.3, 0.4) is 0 Å². The van der Waals surface area contributed by atoms with Crippen molar-refractivity contribution in [3.63, 3.8) is 0 Å². The molecule has 2 rings (SSSR count). The molecule has 2 atom stereocenters. The van der Waals surface area contributed by atoms with Gasteiger partial charge in [-0.15, -0.1) is 0 Å². The molecule has 1 aliphatic rings. The topological polar surface area (TPSA) is 107 Å². The number of carboxylic acid groups (broad SMARTS) is 1. The zero-order valence-electron chi connectivity index (χ0n) is 8.32. The molecule has 1 saturated heterocycles. The van der Waals surface area contributed by atoms with Crippen LogP contribution < -0.4 is 4.90 Å². The molecular weight excluding hydrogens is 214 g/mol. The Morgan fingerprint density at radius 2 is 1.88 bits per heavy atom. The maximum Gasteiger partial charge on any atom is 0.356 e. The van der Waals surface area contributed by atoms with Crippen molar-refractivity contribution < 1.29 is 20.1 Å². The summed E-state index contributed by atoms with van der Waals surface area (Å²) in [5, 5.41) is 27.3. The van der Waals surface area contributed by atoms with Gasteiger partial charge in [0.1, 0.15) is 5.82 Å². The lowest BCUT2D eigenvalue weighted by molar-refractivity contribution is 0.0572. The van der Waals surface area contributed by atoms with Crippen LogP contribution in [0.5, 0.6) is 0 Å². The van der Waals surface area contributed by atoms with Gasteiger partial charge in [0.2, 0.25) is 0 Å². The van der Waals surface area contributed by atoms with Crippen molar-refractivity contribution in [3.8, 4) is 0 Å². The fraction of sp³-hybridized carbons (Fsp3) is 0.444. The van der Waals surface area contributed by atoms with Gasteiger partial charge in [-0.3, -0.25) is 0 Å². The van der Waals surface area contributed by atoms with Gasteiger partial charge in [0.05, 0.1) is 24.6 Å². The third-order valence-electron chi connectivity index (χ3n) is 2.44. The quantitative estimate of drug-likeness (QED) is 0.575. The number of hydrogen-bond donors (Lipinski definition) is 3. The molecule has 0 aromatic carbocycles. The van der Waals surface area contributed by atoms with E-state index in [1.54, 1.807) is 4.90 Å². The number of hydrogen-bond acceptors (Lipinski definition) is 6. The van der Waals surface area contributed by atoms with Crippen LogP contribution in [0.2, 0.25) is 0 Å². The largest absolute Gasteiger partial charge is 0.476 e. The molecule has 3 N–H and O–H groups in total. The van der Waals surface area contributed by atoms with Crippen LogP contribution in [0.15, 0.2) is 12.4 Å². The Morgan fingerprint density at radius 1 is 1.25 bits per heavy atom. The number of nitrogens with zero attached hydrogens (tertiary/aromatic N) is 3. The van der Waals surface area contributed by atoms with Gasteiger partial charge in [-0.25, -0.2) is 14.8 Å². The summed E-state index contributed by atoms with van der Waals surface area (Å²) >= 11 is 0. The summed E-state index contributed by atoms with van der Waals surface area (Å²) in [6.45, 7) is 0.532. The molecule has 0 amide bonds. The smallest absolute Gasteiger partial charge is 0.356 e. The predicted octanol–water partition coefficient (Wildman–Crippen LogP) is -1.28. The molecule has 0 aliphatic carbocycles. The van der Waals surface area contributed by atoms with Crippen molar-refractivity contribution in [2.24, 2.45) is 0 Å². The van der Waals surface area contributed by atoms with Gasteiger partial charge in [-0.2, -0.15) is 0 Å². The standard InChI is InChI=1S/C9H11N3O4/c13-6-3-12(4-7(6)14)8-2-10-5(1-11-8)9(15)16/h1-2,6-7,13-14H,3-4H2,(H,15,16). The highest BCUT2D eigenvalue weighted by Gasteiger charge is 2.30. The second kappa shape index (κ2) is 4.03. The highest BCUT2D eigenvalue weighted by Crippen LogP contribution is 2.17. The summed E-state index contributed by atoms with van der Waals surface area (Å²) in [5.41, 5.74) is -0.135. The number of β-amino-alcohol motifs (C(OH)–C–C–N with tert-alkyl or cyclic N) is 2. The van der Waals surface area contributed by atoms with Gasteiger partial charge in [0.25, 0.3) is 0 Å². The molecule has 1 aromatic heterocycles. The zero-order valence-corrected chi connectivity index (χ0v) is 8.32. The van der Waals surface area contributed by atoms with Crippen LogP contribution in [0.25, 0.3) is 0 Å². The number of aromatic nitrogens is 2. The Bertz CT molecular complexity index is 384. The van der Waals surface area contributed by atoms with Crippen molar-refractivity contribution in [1.82, 2.24) is 9.97 Å². The summed E-state index contributed by atoms with van der Waals surface area (Å²) in [5.74, 6) is -0.693. The van der Waals surface area contributed by atoms with E-state index in [0.717, 1.165) is 6.20 Å². The molecule has 1 aliphatic heterocycles.